The van der Waals surface area contributed by atoms with Crippen LogP contribution in [0, 0.1) is 12.8 Å². The van der Waals surface area contributed by atoms with Gasteiger partial charge in [0, 0.05) is 30.7 Å². The Morgan fingerprint density at radius 1 is 1.47 bits per heavy atom. The summed E-state index contributed by atoms with van der Waals surface area (Å²) in [5, 5.41) is 0. The molecule has 0 unspecified atom stereocenters. The lowest BCUT2D eigenvalue weighted by Gasteiger charge is -2.51. The highest BCUT2D eigenvalue weighted by Gasteiger charge is 2.41. The fourth-order valence-corrected chi connectivity index (χ4v) is 1.94. The summed E-state index contributed by atoms with van der Waals surface area (Å²) in [4.78, 5) is 6.51. The second-order valence-electron chi connectivity index (χ2n) is 4.90. The summed E-state index contributed by atoms with van der Waals surface area (Å²) in [6, 6.07) is 4.16. The summed E-state index contributed by atoms with van der Waals surface area (Å²) in [6.45, 7) is 8.30. The molecule has 0 bridgehead atoms. The lowest BCUT2D eigenvalue weighted by Crippen LogP contribution is -2.70. The first-order chi connectivity index (χ1) is 7.01. The van der Waals surface area contributed by atoms with Crippen LogP contribution in [0.15, 0.2) is 18.3 Å². The quantitative estimate of drug-likeness (QED) is 0.796. The topological polar surface area (TPSA) is 42.1 Å². The summed E-state index contributed by atoms with van der Waals surface area (Å²) in [6.07, 6.45) is 1.86. The van der Waals surface area contributed by atoms with Crippen molar-refractivity contribution in [3.8, 4) is 0 Å². The standard InChI is InChI=1S/C12H19N3/c1-9(2)12(13)7-15(8-12)11-4-5-14-10(3)6-11/h4-6,9H,7-8,13H2,1-3H3. The average Bonchev–Trinajstić information content (AvgIpc) is 2.12. The van der Waals surface area contributed by atoms with Crippen molar-refractivity contribution in [3.63, 3.8) is 0 Å². The second-order valence-corrected chi connectivity index (χ2v) is 4.90. The fourth-order valence-electron chi connectivity index (χ4n) is 1.94. The maximum atomic E-state index is 6.25. The Balaban J connectivity index is 2.06. The number of aryl methyl sites for hydroxylation is 1. The minimum Gasteiger partial charge on any atom is -0.368 e. The minimum atomic E-state index is -0.00280. The van der Waals surface area contributed by atoms with Crippen LogP contribution in [0.4, 0.5) is 5.69 Å². The van der Waals surface area contributed by atoms with Crippen LogP contribution in [0.2, 0.25) is 0 Å². The molecule has 1 saturated heterocycles. The Labute approximate surface area is 91.3 Å². The third-order valence-corrected chi connectivity index (χ3v) is 3.37. The maximum Gasteiger partial charge on any atom is 0.0533 e. The highest BCUT2D eigenvalue weighted by molar-refractivity contribution is 5.51. The molecule has 2 N–H and O–H groups in total. The van der Waals surface area contributed by atoms with E-state index in [0.29, 0.717) is 5.92 Å². The molecule has 0 radical (unpaired) electrons. The lowest BCUT2D eigenvalue weighted by molar-refractivity contribution is 0.245. The lowest BCUT2D eigenvalue weighted by atomic mass is 9.80. The average molecular weight is 205 g/mol. The molecule has 0 aromatic carbocycles. The summed E-state index contributed by atoms with van der Waals surface area (Å²) >= 11 is 0. The molecule has 1 fully saturated rings. The number of nitrogens with zero attached hydrogens (tertiary/aromatic N) is 2. The molecule has 0 atom stereocenters. The van der Waals surface area contributed by atoms with Crippen LogP contribution in [0.25, 0.3) is 0 Å². The monoisotopic (exact) mass is 205 g/mol. The number of anilines is 1. The Morgan fingerprint density at radius 2 is 2.13 bits per heavy atom. The Bertz CT molecular complexity index is 354. The van der Waals surface area contributed by atoms with E-state index in [-0.39, 0.29) is 5.54 Å². The van der Waals surface area contributed by atoms with Gasteiger partial charge >= 0.3 is 0 Å². The van der Waals surface area contributed by atoms with Gasteiger partial charge in [0.2, 0.25) is 0 Å². The van der Waals surface area contributed by atoms with Gasteiger partial charge in [-0.05, 0) is 25.0 Å². The van der Waals surface area contributed by atoms with Crippen molar-refractivity contribution in [3.05, 3.63) is 24.0 Å². The zero-order valence-corrected chi connectivity index (χ0v) is 9.70. The molecule has 0 aliphatic carbocycles. The van der Waals surface area contributed by atoms with E-state index >= 15 is 0 Å². The highest BCUT2D eigenvalue weighted by Crippen LogP contribution is 2.30. The Hall–Kier alpha value is -1.09. The molecular formula is C12H19N3. The van der Waals surface area contributed by atoms with E-state index in [1.54, 1.807) is 0 Å². The molecule has 1 aliphatic rings. The Morgan fingerprint density at radius 3 is 2.67 bits per heavy atom. The Kier molecular flexibility index (Phi) is 2.43. The van der Waals surface area contributed by atoms with Crippen molar-refractivity contribution in [2.24, 2.45) is 11.7 Å². The minimum absolute atomic E-state index is 0.00280. The molecular weight excluding hydrogens is 186 g/mol. The number of nitrogens with two attached hydrogens (primary N) is 1. The van der Waals surface area contributed by atoms with Crippen LogP contribution in [0.5, 0.6) is 0 Å². The largest absolute Gasteiger partial charge is 0.368 e. The van der Waals surface area contributed by atoms with Gasteiger partial charge in [0.15, 0.2) is 0 Å². The van der Waals surface area contributed by atoms with Crippen LogP contribution >= 0.6 is 0 Å². The van der Waals surface area contributed by atoms with Gasteiger partial charge in [-0.3, -0.25) is 4.98 Å². The zero-order chi connectivity index (χ0) is 11.1. The maximum absolute atomic E-state index is 6.25. The van der Waals surface area contributed by atoms with E-state index in [2.05, 4.69) is 29.8 Å². The number of pyridine rings is 1. The van der Waals surface area contributed by atoms with Crippen molar-refractivity contribution < 1.29 is 0 Å². The molecule has 15 heavy (non-hydrogen) atoms. The third kappa shape index (κ3) is 1.84. The second kappa shape index (κ2) is 3.49. The number of rotatable bonds is 2. The zero-order valence-electron chi connectivity index (χ0n) is 9.70. The molecule has 0 amide bonds. The van der Waals surface area contributed by atoms with Crippen LogP contribution in [0.1, 0.15) is 19.5 Å². The third-order valence-electron chi connectivity index (χ3n) is 3.37. The number of hydrogen-bond donors (Lipinski definition) is 1. The van der Waals surface area contributed by atoms with Crippen molar-refractivity contribution in [1.29, 1.82) is 0 Å². The van der Waals surface area contributed by atoms with Gasteiger partial charge < -0.3 is 10.6 Å². The fraction of sp³-hybridized carbons (Fsp3) is 0.583. The highest BCUT2D eigenvalue weighted by atomic mass is 15.3. The number of hydrogen-bond acceptors (Lipinski definition) is 3. The van der Waals surface area contributed by atoms with Crippen LogP contribution in [0.3, 0.4) is 0 Å². The molecule has 1 aromatic rings. The van der Waals surface area contributed by atoms with E-state index in [0.717, 1.165) is 18.8 Å². The van der Waals surface area contributed by atoms with Gasteiger partial charge in [-0.25, -0.2) is 0 Å². The molecule has 3 heteroatoms. The van der Waals surface area contributed by atoms with Gasteiger partial charge in [0.25, 0.3) is 0 Å². The first kappa shape index (κ1) is 10.4. The van der Waals surface area contributed by atoms with Crippen LogP contribution < -0.4 is 10.6 Å². The summed E-state index contributed by atoms with van der Waals surface area (Å²) in [7, 11) is 0. The van der Waals surface area contributed by atoms with Crippen molar-refractivity contribution in [2.75, 3.05) is 18.0 Å². The molecule has 2 heterocycles. The smallest absolute Gasteiger partial charge is 0.0533 e. The molecule has 1 aliphatic heterocycles. The molecule has 3 nitrogen and oxygen atoms in total. The summed E-state index contributed by atoms with van der Waals surface area (Å²) in [5.41, 5.74) is 8.55. The summed E-state index contributed by atoms with van der Waals surface area (Å²) < 4.78 is 0. The molecule has 2 rings (SSSR count). The van der Waals surface area contributed by atoms with Crippen molar-refractivity contribution >= 4 is 5.69 Å². The van der Waals surface area contributed by atoms with E-state index < -0.39 is 0 Å². The van der Waals surface area contributed by atoms with Gasteiger partial charge in [0.05, 0.1) is 5.54 Å². The van der Waals surface area contributed by atoms with Gasteiger partial charge in [-0.1, -0.05) is 13.8 Å². The van der Waals surface area contributed by atoms with Crippen LogP contribution in [-0.4, -0.2) is 23.6 Å². The van der Waals surface area contributed by atoms with Gasteiger partial charge in [-0.2, -0.15) is 0 Å². The van der Waals surface area contributed by atoms with Crippen LogP contribution in [-0.2, 0) is 0 Å². The van der Waals surface area contributed by atoms with E-state index in [1.807, 2.05) is 19.2 Å². The predicted octanol–water partition coefficient (Wildman–Crippen LogP) is 1.56. The SMILES string of the molecule is Cc1cc(N2CC(N)(C(C)C)C2)ccn1. The molecule has 1 aromatic heterocycles. The first-order valence-electron chi connectivity index (χ1n) is 5.48. The summed E-state index contributed by atoms with van der Waals surface area (Å²) in [5.74, 6) is 0.539. The van der Waals surface area contributed by atoms with Gasteiger partial charge in [0.1, 0.15) is 0 Å². The van der Waals surface area contributed by atoms with Gasteiger partial charge in [-0.15, -0.1) is 0 Å². The molecule has 82 valence electrons. The predicted molar refractivity (Wildman–Crippen MR) is 62.9 cm³/mol. The van der Waals surface area contributed by atoms with E-state index in [1.165, 1.54) is 5.69 Å². The number of aromatic nitrogens is 1. The molecule has 0 saturated carbocycles. The van der Waals surface area contributed by atoms with Crippen molar-refractivity contribution in [1.82, 2.24) is 4.98 Å². The first-order valence-corrected chi connectivity index (χ1v) is 5.48. The van der Waals surface area contributed by atoms with Crippen molar-refractivity contribution in [2.45, 2.75) is 26.3 Å². The normalized spacial score (nSPS) is 19.1. The van der Waals surface area contributed by atoms with E-state index in [9.17, 15) is 0 Å². The molecule has 0 spiro atoms. The van der Waals surface area contributed by atoms with E-state index in [4.69, 9.17) is 5.73 Å².